The Bertz CT molecular complexity index is 1170. The van der Waals surface area contributed by atoms with Crippen molar-refractivity contribution in [2.45, 2.75) is 39.3 Å². The summed E-state index contributed by atoms with van der Waals surface area (Å²) in [6.07, 6.45) is 5.29. The van der Waals surface area contributed by atoms with Gasteiger partial charge in [-0.15, -0.1) is 0 Å². The SMILES string of the molecule is COc1ccc(-c2c(C)c3cc(OC)ccc3n2CCCCCNCc2ccccn2)cc1. The lowest BCUT2D eigenvalue weighted by molar-refractivity contribution is 0.415. The van der Waals surface area contributed by atoms with Crippen LogP contribution in [0.4, 0.5) is 0 Å². The van der Waals surface area contributed by atoms with Crippen molar-refractivity contribution in [1.82, 2.24) is 14.9 Å². The van der Waals surface area contributed by atoms with Crippen molar-refractivity contribution in [3.05, 3.63) is 78.1 Å². The fourth-order valence-corrected chi connectivity index (χ4v) is 4.40. The van der Waals surface area contributed by atoms with Gasteiger partial charge in [-0.25, -0.2) is 0 Å². The maximum absolute atomic E-state index is 5.49. The van der Waals surface area contributed by atoms with E-state index in [1.807, 2.05) is 30.5 Å². The van der Waals surface area contributed by atoms with Crippen LogP contribution in [0.1, 0.15) is 30.5 Å². The average molecular weight is 444 g/mol. The standard InChI is InChI=1S/C28H33N3O2/c1-21-26-19-25(33-3)14-15-27(26)31(28(21)22-10-12-24(32-2)13-11-22)18-8-4-6-16-29-20-23-9-5-7-17-30-23/h5,7,9-15,17,19,29H,4,6,8,16,18,20H2,1-3H3. The lowest BCUT2D eigenvalue weighted by Gasteiger charge is -2.13. The van der Waals surface area contributed by atoms with Gasteiger partial charge < -0.3 is 19.4 Å². The Hall–Kier alpha value is -3.31. The van der Waals surface area contributed by atoms with Crippen LogP contribution in [0.3, 0.4) is 0 Å². The van der Waals surface area contributed by atoms with Gasteiger partial charge >= 0.3 is 0 Å². The monoisotopic (exact) mass is 443 g/mol. The molecular formula is C28H33N3O2. The minimum absolute atomic E-state index is 0.825. The summed E-state index contributed by atoms with van der Waals surface area (Å²) in [5.74, 6) is 1.77. The Morgan fingerprint density at radius 1 is 0.879 bits per heavy atom. The Labute approximate surface area is 196 Å². The number of benzene rings is 2. The predicted molar refractivity (Wildman–Crippen MR) is 135 cm³/mol. The number of nitrogens with zero attached hydrogens (tertiary/aromatic N) is 2. The highest BCUT2D eigenvalue weighted by Crippen LogP contribution is 2.36. The second-order valence-electron chi connectivity index (χ2n) is 8.30. The van der Waals surface area contributed by atoms with E-state index in [-0.39, 0.29) is 0 Å². The second kappa shape index (κ2) is 11.0. The number of fused-ring (bicyclic) bond motifs is 1. The zero-order valence-corrected chi connectivity index (χ0v) is 19.8. The summed E-state index contributed by atoms with van der Waals surface area (Å²) in [4.78, 5) is 4.36. The van der Waals surface area contributed by atoms with Crippen molar-refractivity contribution >= 4 is 10.9 Å². The third-order valence-corrected chi connectivity index (χ3v) is 6.15. The highest BCUT2D eigenvalue weighted by Gasteiger charge is 2.16. The molecule has 0 atom stereocenters. The molecular weight excluding hydrogens is 410 g/mol. The molecule has 0 saturated carbocycles. The van der Waals surface area contributed by atoms with Crippen molar-refractivity contribution in [3.63, 3.8) is 0 Å². The molecule has 0 aliphatic rings. The Kier molecular flexibility index (Phi) is 7.63. The maximum atomic E-state index is 5.49. The summed E-state index contributed by atoms with van der Waals surface area (Å²) >= 11 is 0. The average Bonchev–Trinajstić information content (AvgIpc) is 3.14. The van der Waals surface area contributed by atoms with E-state index in [4.69, 9.17) is 9.47 Å². The summed E-state index contributed by atoms with van der Waals surface area (Å²) < 4.78 is 13.3. The van der Waals surface area contributed by atoms with E-state index in [0.717, 1.165) is 49.7 Å². The number of unbranched alkanes of at least 4 members (excludes halogenated alkanes) is 2. The number of hydrogen-bond donors (Lipinski definition) is 1. The first-order valence-corrected chi connectivity index (χ1v) is 11.6. The lowest BCUT2D eigenvalue weighted by Crippen LogP contribution is -2.15. The molecule has 5 heteroatoms. The molecule has 1 N–H and O–H groups in total. The first-order chi connectivity index (χ1) is 16.2. The van der Waals surface area contributed by atoms with Crippen LogP contribution in [-0.4, -0.2) is 30.3 Å². The van der Waals surface area contributed by atoms with Crippen LogP contribution in [0, 0.1) is 6.92 Å². The fourth-order valence-electron chi connectivity index (χ4n) is 4.40. The van der Waals surface area contributed by atoms with Crippen LogP contribution in [0.5, 0.6) is 11.5 Å². The van der Waals surface area contributed by atoms with Gasteiger partial charge in [-0.3, -0.25) is 4.98 Å². The van der Waals surface area contributed by atoms with Gasteiger partial charge in [-0.2, -0.15) is 0 Å². The molecule has 172 valence electrons. The molecule has 0 saturated heterocycles. The van der Waals surface area contributed by atoms with Crippen LogP contribution in [0.25, 0.3) is 22.2 Å². The van der Waals surface area contributed by atoms with Gasteiger partial charge in [0.25, 0.3) is 0 Å². The van der Waals surface area contributed by atoms with E-state index in [2.05, 4.69) is 58.2 Å². The number of nitrogens with one attached hydrogen (secondary N) is 1. The summed E-state index contributed by atoms with van der Waals surface area (Å²) in [6, 6.07) is 20.8. The Morgan fingerprint density at radius 2 is 1.67 bits per heavy atom. The van der Waals surface area contributed by atoms with Gasteiger partial charge in [0.1, 0.15) is 11.5 Å². The van der Waals surface area contributed by atoms with Crippen molar-refractivity contribution in [2.24, 2.45) is 0 Å². The van der Waals surface area contributed by atoms with Gasteiger partial charge in [0.2, 0.25) is 0 Å². The molecule has 4 rings (SSSR count). The first kappa shape index (κ1) is 22.9. The topological polar surface area (TPSA) is 48.3 Å². The largest absolute Gasteiger partial charge is 0.497 e. The third-order valence-electron chi connectivity index (χ3n) is 6.15. The quantitative estimate of drug-likeness (QED) is 0.289. The zero-order valence-electron chi connectivity index (χ0n) is 19.8. The van der Waals surface area contributed by atoms with Crippen LogP contribution < -0.4 is 14.8 Å². The fraction of sp³-hybridized carbons (Fsp3) is 0.321. The van der Waals surface area contributed by atoms with Crippen molar-refractivity contribution < 1.29 is 9.47 Å². The van der Waals surface area contributed by atoms with E-state index < -0.39 is 0 Å². The molecule has 0 fully saturated rings. The van der Waals surface area contributed by atoms with Crippen LogP contribution >= 0.6 is 0 Å². The lowest BCUT2D eigenvalue weighted by atomic mass is 10.1. The van der Waals surface area contributed by atoms with Gasteiger partial charge in [0, 0.05) is 30.2 Å². The van der Waals surface area contributed by atoms with Crippen molar-refractivity contribution in [2.75, 3.05) is 20.8 Å². The number of hydrogen-bond acceptors (Lipinski definition) is 4. The smallest absolute Gasteiger partial charge is 0.119 e. The molecule has 0 amide bonds. The minimum Gasteiger partial charge on any atom is -0.497 e. The molecule has 0 aliphatic heterocycles. The van der Waals surface area contributed by atoms with Crippen LogP contribution in [0.2, 0.25) is 0 Å². The molecule has 0 bridgehead atoms. The van der Waals surface area contributed by atoms with Crippen LogP contribution in [0.15, 0.2) is 66.9 Å². The van der Waals surface area contributed by atoms with Gasteiger partial charge in [-0.1, -0.05) is 12.5 Å². The summed E-state index contributed by atoms with van der Waals surface area (Å²) in [7, 11) is 3.43. The maximum Gasteiger partial charge on any atom is 0.119 e. The van der Waals surface area contributed by atoms with Crippen LogP contribution in [-0.2, 0) is 13.1 Å². The van der Waals surface area contributed by atoms with Crippen molar-refractivity contribution in [1.29, 1.82) is 0 Å². The zero-order chi connectivity index (χ0) is 23.0. The molecule has 4 aromatic rings. The number of methoxy groups -OCH3 is 2. The molecule has 0 spiro atoms. The molecule has 2 aromatic carbocycles. The Morgan fingerprint density at radius 3 is 2.39 bits per heavy atom. The molecule has 2 aromatic heterocycles. The van der Waals surface area contributed by atoms with E-state index in [1.54, 1.807) is 14.2 Å². The number of aryl methyl sites for hydroxylation is 2. The van der Waals surface area contributed by atoms with E-state index in [0.29, 0.717) is 0 Å². The number of rotatable bonds is 11. The molecule has 0 aliphatic carbocycles. The second-order valence-corrected chi connectivity index (χ2v) is 8.30. The molecule has 5 nitrogen and oxygen atoms in total. The van der Waals surface area contributed by atoms with E-state index in [1.165, 1.54) is 34.1 Å². The summed E-state index contributed by atoms with van der Waals surface area (Å²) in [5, 5.41) is 4.75. The van der Waals surface area contributed by atoms with E-state index >= 15 is 0 Å². The van der Waals surface area contributed by atoms with Crippen molar-refractivity contribution in [3.8, 4) is 22.8 Å². The van der Waals surface area contributed by atoms with Gasteiger partial charge in [0.15, 0.2) is 0 Å². The normalized spacial score (nSPS) is 11.1. The Balaban J connectivity index is 1.45. The third kappa shape index (κ3) is 5.37. The highest BCUT2D eigenvalue weighted by atomic mass is 16.5. The molecule has 2 heterocycles. The molecule has 0 unspecified atom stereocenters. The molecule has 0 radical (unpaired) electrons. The van der Waals surface area contributed by atoms with Gasteiger partial charge in [-0.05, 0) is 92.0 Å². The number of ether oxygens (including phenoxy) is 2. The predicted octanol–water partition coefficient (Wildman–Crippen LogP) is 5.99. The minimum atomic E-state index is 0.825. The summed E-state index contributed by atoms with van der Waals surface area (Å²) in [6.45, 7) is 5.02. The first-order valence-electron chi connectivity index (χ1n) is 11.6. The van der Waals surface area contributed by atoms with E-state index in [9.17, 15) is 0 Å². The number of aromatic nitrogens is 2. The van der Waals surface area contributed by atoms with Gasteiger partial charge in [0.05, 0.1) is 25.6 Å². The number of pyridine rings is 1. The highest BCUT2D eigenvalue weighted by molar-refractivity contribution is 5.92. The molecule has 33 heavy (non-hydrogen) atoms. The summed E-state index contributed by atoms with van der Waals surface area (Å²) in [5.41, 5.74) is 6.11.